The van der Waals surface area contributed by atoms with Crippen LogP contribution in [0, 0.1) is 10.1 Å². The number of hydrogen-bond acceptors (Lipinski definition) is 5. The maximum atomic E-state index is 10.8. The van der Waals surface area contributed by atoms with E-state index in [1.807, 2.05) is 0 Å². The summed E-state index contributed by atoms with van der Waals surface area (Å²) in [5.74, 6) is 0. The monoisotopic (exact) mass is 270 g/mol. The van der Waals surface area contributed by atoms with Crippen molar-refractivity contribution < 1.29 is 4.92 Å². The van der Waals surface area contributed by atoms with Crippen LogP contribution < -0.4 is 4.90 Å². The van der Waals surface area contributed by atoms with Gasteiger partial charge in [0.25, 0.3) is 0 Å². The Morgan fingerprint density at radius 1 is 1.33 bits per heavy atom. The van der Waals surface area contributed by atoms with Crippen molar-refractivity contribution in [2.24, 2.45) is 0 Å². The van der Waals surface area contributed by atoms with Gasteiger partial charge in [-0.25, -0.2) is 0 Å². The summed E-state index contributed by atoms with van der Waals surface area (Å²) in [6, 6.07) is 3.29. The second kappa shape index (κ2) is 3.01. The van der Waals surface area contributed by atoms with Crippen LogP contribution in [-0.4, -0.2) is 40.9 Å². The molecule has 0 bridgehead atoms. The van der Waals surface area contributed by atoms with Gasteiger partial charge in [0.15, 0.2) is 0 Å². The first-order chi connectivity index (χ1) is 7.27. The normalized spacial score (nSPS) is 14.5. The van der Waals surface area contributed by atoms with Gasteiger partial charge in [-0.2, -0.15) is 0 Å². The van der Waals surface area contributed by atoms with E-state index in [0.717, 1.165) is 18.8 Å². The van der Waals surface area contributed by atoms with E-state index in [9.17, 15) is 10.1 Å². The number of non-ortho nitro benzene ring substituents is 1. The Morgan fingerprint density at radius 3 is 2.73 bits per heavy atom. The minimum absolute atomic E-state index is 0.0683. The van der Waals surface area contributed by atoms with E-state index >= 15 is 0 Å². The molecule has 2 heterocycles. The molecule has 15 heavy (non-hydrogen) atoms. The van der Waals surface area contributed by atoms with Gasteiger partial charge >= 0.3 is 90.5 Å². The number of nitro groups is 1. The van der Waals surface area contributed by atoms with E-state index in [0.29, 0.717) is 11.0 Å². The van der Waals surface area contributed by atoms with Crippen LogP contribution in [0.5, 0.6) is 0 Å². The van der Waals surface area contributed by atoms with Gasteiger partial charge in [-0.05, 0) is 0 Å². The third-order valence-corrected chi connectivity index (χ3v) is 3.47. The Kier molecular flexibility index (Phi) is 1.77. The van der Waals surface area contributed by atoms with Crippen LogP contribution >= 0.6 is 0 Å². The van der Waals surface area contributed by atoms with Gasteiger partial charge in [-0.3, -0.25) is 0 Å². The summed E-state index contributed by atoms with van der Waals surface area (Å²) in [5, 5.41) is 10.8. The molecule has 3 rings (SSSR count). The van der Waals surface area contributed by atoms with Gasteiger partial charge in [0.05, 0.1) is 0 Å². The first kappa shape index (κ1) is 8.82. The van der Waals surface area contributed by atoms with Crippen molar-refractivity contribution in [1.29, 1.82) is 0 Å². The van der Waals surface area contributed by atoms with E-state index in [4.69, 9.17) is 0 Å². The van der Waals surface area contributed by atoms with Gasteiger partial charge in [0.1, 0.15) is 0 Å². The van der Waals surface area contributed by atoms with Crippen LogP contribution in [0.3, 0.4) is 0 Å². The van der Waals surface area contributed by atoms with E-state index in [1.165, 1.54) is 6.07 Å². The fourth-order valence-electron chi connectivity index (χ4n) is 1.53. The average Bonchev–Trinajstić information content (AvgIpc) is 2.93. The van der Waals surface area contributed by atoms with Crippen molar-refractivity contribution in [2.75, 3.05) is 18.0 Å². The predicted molar refractivity (Wildman–Crippen MR) is 55.3 cm³/mol. The number of fused-ring (bicyclic) bond motifs is 1. The molecule has 1 aliphatic rings. The summed E-state index contributed by atoms with van der Waals surface area (Å²) in [4.78, 5) is 12.5. The summed E-state index contributed by atoms with van der Waals surface area (Å²) < 4.78 is 8.37. The molecule has 6 nitrogen and oxygen atoms in total. The molecular weight excluding hydrogens is 263 g/mol. The topological polar surface area (TPSA) is 71.9 Å². The fourth-order valence-corrected chi connectivity index (χ4v) is 2.72. The number of nitrogens with zero attached hydrogens (tertiary/aromatic N) is 4. The molecule has 7 heteroatoms. The molecule has 1 saturated heterocycles. The summed E-state index contributed by atoms with van der Waals surface area (Å²) in [5.41, 5.74) is 2.23. The molecule has 1 aliphatic heterocycles. The molecule has 0 saturated carbocycles. The molecule has 2 aromatic rings. The molecule has 1 fully saturated rings. The fraction of sp³-hybridized carbons (Fsp3) is 0.250. The van der Waals surface area contributed by atoms with Crippen molar-refractivity contribution in [1.82, 2.24) is 7.96 Å². The average molecular weight is 269 g/mol. The Morgan fingerprint density at radius 2 is 2.07 bits per heavy atom. The predicted octanol–water partition coefficient (Wildman–Crippen LogP) is 0.415. The SMILES string of the molecule is O=[N+]([O-])c1ccc(N2CC2)c2n[se]nc12. The summed E-state index contributed by atoms with van der Waals surface area (Å²) in [6.07, 6.45) is 0. The molecule has 0 N–H and O–H groups in total. The first-order valence-corrected chi connectivity index (χ1v) is 5.95. The summed E-state index contributed by atoms with van der Waals surface area (Å²) in [7, 11) is 0. The zero-order valence-corrected chi connectivity index (χ0v) is 9.30. The van der Waals surface area contributed by atoms with E-state index in [-0.39, 0.29) is 20.6 Å². The van der Waals surface area contributed by atoms with Crippen molar-refractivity contribution >= 4 is 37.4 Å². The number of anilines is 1. The van der Waals surface area contributed by atoms with E-state index < -0.39 is 4.92 Å². The molecule has 1 aromatic carbocycles. The molecule has 0 radical (unpaired) electrons. The van der Waals surface area contributed by atoms with Crippen molar-refractivity contribution in [3.63, 3.8) is 0 Å². The Labute approximate surface area is 90.9 Å². The number of aromatic nitrogens is 2. The van der Waals surface area contributed by atoms with Crippen molar-refractivity contribution in [3.05, 3.63) is 22.2 Å². The number of nitro benzene ring substituents is 1. The number of hydrogen-bond donors (Lipinski definition) is 0. The second-order valence-electron chi connectivity index (χ2n) is 3.31. The Balaban J connectivity index is 2.29. The van der Waals surface area contributed by atoms with Gasteiger partial charge in [0.2, 0.25) is 0 Å². The second-order valence-corrected chi connectivity index (χ2v) is 4.42. The zero-order chi connectivity index (χ0) is 10.4. The molecule has 0 aliphatic carbocycles. The van der Waals surface area contributed by atoms with Crippen LogP contribution in [-0.2, 0) is 0 Å². The summed E-state index contributed by atoms with van der Waals surface area (Å²) >= 11 is -0.223. The maximum absolute atomic E-state index is 10.8. The van der Waals surface area contributed by atoms with E-state index in [1.54, 1.807) is 6.07 Å². The quantitative estimate of drug-likeness (QED) is 0.342. The Hall–Kier alpha value is -1.46. The molecule has 0 unspecified atom stereocenters. The molecule has 76 valence electrons. The number of benzene rings is 1. The van der Waals surface area contributed by atoms with Crippen LogP contribution in [0.4, 0.5) is 11.4 Å². The Bertz CT molecular complexity index is 549. The molecule has 0 atom stereocenters. The van der Waals surface area contributed by atoms with Crippen LogP contribution in [0.1, 0.15) is 0 Å². The van der Waals surface area contributed by atoms with Crippen LogP contribution in [0.15, 0.2) is 12.1 Å². The van der Waals surface area contributed by atoms with Crippen LogP contribution in [0.25, 0.3) is 11.0 Å². The van der Waals surface area contributed by atoms with Crippen molar-refractivity contribution in [2.45, 2.75) is 0 Å². The van der Waals surface area contributed by atoms with Crippen molar-refractivity contribution in [3.8, 4) is 0 Å². The van der Waals surface area contributed by atoms with Gasteiger partial charge in [-0.15, -0.1) is 0 Å². The molecule has 1 aromatic heterocycles. The molecule has 0 spiro atoms. The van der Waals surface area contributed by atoms with Gasteiger partial charge < -0.3 is 0 Å². The number of rotatable bonds is 2. The van der Waals surface area contributed by atoms with Gasteiger partial charge in [0, 0.05) is 0 Å². The molecule has 0 amide bonds. The zero-order valence-electron chi connectivity index (χ0n) is 7.58. The minimum atomic E-state index is -0.398. The standard InChI is InChI=1S/C8H6N4O2Se/c13-12(14)6-2-1-5(11-3-4-11)7-8(6)10-15-9-7/h1-2H,3-4H2. The van der Waals surface area contributed by atoms with Gasteiger partial charge in [-0.1, -0.05) is 0 Å². The van der Waals surface area contributed by atoms with E-state index in [2.05, 4.69) is 12.9 Å². The third-order valence-electron chi connectivity index (χ3n) is 2.36. The van der Waals surface area contributed by atoms with Crippen LogP contribution in [0.2, 0.25) is 0 Å². The third kappa shape index (κ3) is 1.32. The summed E-state index contributed by atoms with van der Waals surface area (Å²) in [6.45, 7) is 2.01. The first-order valence-electron chi connectivity index (χ1n) is 4.42. The molecular formula is C8H6N4O2Se.